The number of carbonyl (C=O) groups excluding carboxylic acids is 1. The Labute approximate surface area is 137 Å². The van der Waals surface area contributed by atoms with E-state index in [4.69, 9.17) is 10.5 Å². The normalized spacial score (nSPS) is 17.0. The van der Waals surface area contributed by atoms with E-state index in [9.17, 15) is 4.79 Å². The molecular formula is C16H15IN2O2. The maximum atomic E-state index is 11.5. The molecule has 1 aliphatic heterocycles. The summed E-state index contributed by atoms with van der Waals surface area (Å²) in [4.78, 5) is 13.6. The maximum absolute atomic E-state index is 11.5. The summed E-state index contributed by atoms with van der Waals surface area (Å²) >= 11 is 2.33. The third kappa shape index (κ3) is 2.97. The predicted molar refractivity (Wildman–Crippen MR) is 90.3 cm³/mol. The topological polar surface area (TPSA) is 55.6 Å². The van der Waals surface area contributed by atoms with Crippen molar-refractivity contribution in [3.63, 3.8) is 0 Å². The number of ether oxygens (including phenoxy) is 1. The lowest BCUT2D eigenvalue weighted by Gasteiger charge is -2.35. The lowest BCUT2D eigenvalue weighted by atomic mass is 10.1. The van der Waals surface area contributed by atoms with Crippen LogP contribution < -0.4 is 15.4 Å². The number of para-hydroxylation sites is 2. The van der Waals surface area contributed by atoms with Gasteiger partial charge in [0.25, 0.3) is 5.91 Å². The Bertz CT molecular complexity index is 675. The van der Waals surface area contributed by atoms with E-state index in [0.29, 0.717) is 12.3 Å². The smallest absolute Gasteiger partial charge is 0.260 e. The number of primary amides is 1. The second-order valence-corrected chi connectivity index (χ2v) is 6.11. The fourth-order valence-corrected chi connectivity index (χ4v) is 3.00. The van der Waals surface area contributed by atoms with Crippen LogP contribution in [0.2, 0.25) is 0 Å². The van der Waals surface area contributed by atoms with E-state index in [1.807, 2.05) is 36.4 Å². The lowest BCUT2D eigenvalue weighted by Crippen LogP contribution is -2.47. The predicted octanol–water partition coefficient (Wildman–Crippen LogP) is 2.54. The van der Waals surface area contributed by atoms with E-state index in [1.54, 1.807) is 0 Å². The third-order valence-corrected chi connectivity index (χ3v) is 4.55. The Morgan fingerprint density at radius 1 is 1.24 bits per heavy atom. The molecule has 0 bridgehead atoms. The Morgan fingerprint density at radius 2 is 1.95 bits per heavy atom. The van der Waals surface area contributed by atoms with Crippen LogP contribution >= 0.6 is 22.6 Å². The summed E-state index contributed by atoms with van der Waals surface area (Å²) in [7, 11) is 0. The van der Waals surface area contributed by atoms with Gasteiger partial charge in [-0.1, -0.05) is 30.3 Å². The van der Waals surface area contributed by atoms with Crippen molar-refractivity contribution < 1.29 is 9.53 Å². The summed E-state index contributed by atoms with van der Waals surface area (Å²) in [5.74, 6) is 0.274. The van der Waals surface area contributed by atoms with E-state index >= 15 is 0 Å². The molecule has 21 heavy (non-hydrogen) atoms. The molecule has 0 aliphatic carbocycles. The van der Waals surface area contributed by atoms with Gasteiger partial charge in [0.05, 0.1) is 12.2 Å². The Balaban J connectivity index is 1.93. The number of hydrogen-bond donors (Lipinski definition) is 1. The minimum Gasteiger partial charge on any atom is -0.477 e. The van der Waals surface area contributed by atoms with Gasteiger partial charge in [-0.2, -0.15) is 0 Å². The van der Waals surface area contributed by atoms with Gasteiger partial charge in [0, 0.05) is 10.1 Å². The quantitative estimate of drug-likeness (QED) is 0.815. The number of hydrogen-bond acceptors (Lipinski definition) is 3. The first kappa shape index (κ1) is 14.2. The van der Waals surface area contributed by atoms with Gasteiger partial charge >= 0.3 is 0 Å². The highest BCUT2D eigenvalue weighted by Crippen LogP contribution is 2.34. The van der Waals surface area contributed by atoms with Gasteiger partial charge in [0.2, 0.25) is 0 Å². The van der Waals surface area contributed by atoms with Crippen LogP contribution in [0.4, 0.5) is 5.69 Å². The summed E-state index contributed by atoms with van der Waals surface area (Å²) < 4.78 is 6.88. The molecule has 2 aromatic rings. The average molecular weight is 394 g/mol. The molecule has 0 saturated heterocycles. The summed E-state index contributed by atoms with van der Waals surface area (Å²) in [6, 6.07) is 15.9. The van der Waals surface area contributed by atoms with Gasteiger partial charge in [-0.25, -0.2) is 0 Å². The largest absolute Gasteiger partial charge is 0.477 e. The van der Waals surface area contributed by atoms with E-state index in [2.05, 4.69) is 39.6 Å². The van der Waals surface area contributed by atoms with Crippen LogP contribution in [-0.2, 0) is 11.3 Å². The van der Waals surface area contributed by atoms with E-state index < -0.39 is 12.0 Å². The molecule has 2 aromatic carbocycles. The van der Waals surface area contributed by atoms with Crippen LogP contribution in [0.25, 0.3) is 0 Å². The van der Waals surface area contributed by atoms with Crippen molar-refractivity contribution in [3.8, 4) is 5.75 Å². The summed E-state index contributed by atoms with van der Waals surface area (Å²) in [6.45, 7) is 1.20. The van der Waals surface area contributed by atoms with Gasteiger partial charge in [-0.15, -0.1) is 0 Å². The van der Waals surface area contributed by atoms with Crippen molar-refractivity contribution in [1.29, 1.82) is 0 Å². The molecular weight excluding hydrogens is 379 g/mol. The molecule has 5 heteroatoms. The SMILES string of the molecule is NC(=O)C1CN(Cc2ccccc2I)c2ccccc2O1. The van der Waals surface area contributed by atoms with Gasteiger partial charge < -0.3 is 15.4 Å². The molecule has 3 rings (SSSR count). The van der Waals surface area contributed by atoms with Crippen LogP contribution in [-0.4, -0.2) is 18.6 Å². The fourth-order valence-electron chi connectivity index (χ4n) is 2.44. The van der Waals surface area contributed by atoms with Crippen molar-refractivity contribution in [2.75, 3.05) is 11.4 Å². The monoisotopic (exact) mass is 394 g/mol. The molecule has 0 radical (unpaired) electrons. The van der Waals surface area contributed by atoms with Gasteiger partial charge in [0.1, 0.15) is 5.75 Å². The van der Waals surface area contributed by atoms with Crippen molar-refractivity contribution in [2.24, 2.45) is 5.73 Å². The Morgan fingerprint density at radius 3 is 2.71 bits per heavy atom. The molecule has 0 fully saturated rings. The molecule has 1 atom stereocenters. The zero-order valence-corrected chi connectivity index (χ0v) is 13.5. The first-order valence-electron chi connectivity index (χ1n) is 6.68. The molecule has 0 saturated carbocycles. The Hall–Kier alpha value is -1.76. The Kier molecular flexibility index (Phi) is 4.01. The number of amides is 1. The van der Waals surface area contributed by atoms with Gasteiger partial charge in [-0.05, 0) is 46.4 Å². The number of nitrogens with zero attached hydrogens (tertiary/aromatic N) is 1. The van der Waals surface area contributed by atoms with Gasteiger partial charge in [-0.3, -0.25) is 4.79 Å². The van der Waals surface area contributed by atoms with Crippen molar-refractivity contribution in [2.45, 2.75) is 12.6 Å². The highest BCUT2D eigenvalue weighted by molar-refractivity contribution is 14.1. The first-order chi connectivity index (χ1) is 10.1. The third-order valence-electron chi connectivity index (χ3n) is 3.50. The van der Waals surface area contributed by atoms with Crippen LogP contribution in [0.1, 0.15) is 5.56 Å². The first-order valence-corrected chi connectivity index (χ1v) is 7.76. The molecule has 2 N–H and O–H groups in total. The van der Waals surface area contributed by atoms with Crippen LogP contribution in [0.15, 0.2) is 48.5 Å². The standard InChI is InChI=1S/C16H15IN2O2/c17-12-6-2-1-5-11(12)9-19-10-15(16(18)20)21-14-8-4-3-7-13(14)19/h1-8,15H,9-10H2,(H2,18,20). The molecule has 4 nitrogen and oxygen atoms in total. The number of rotatable bonds is 3. The number of nitrogens with two attached hydrogens (primary N) is 1. The van der Waals surface area contributed by atoms with Gasteiger partial charge in [0.15, 0.2) is 6.10 Å². The molecule has 0 spiro atoms. The number of fused-ring (bicyclic) bond motifs is 1. The lowest BCUT2D eigenvalue weighted by molar-refractivity contribution is -0.124. The molecule has 1 aliphatic rings. The van der Waals surface area contributed by atoms with E-state index in [1.165, 1.54) is 9.13 Å². The van der Waals surface area contributed by atoms with Crippen LogP contribution in [0.3, 0.4) is 0 Å². The zero-order valence-electron chi connectivity index (χ0n) is 11.3. The second-order valence-electron chi connectivity index (χ2n) is 4.95. The zero-order chi connectivity index (χ0) is 14.8. The maximum Gasteiger partial charge on any atom is 0.260 e. The summed E-state index contributed by atoms with van der Waals surface area (Å²) in [5, 5.41) is 0. The van der Waals surface area contributed by atoms with Crippen molar-refractivity contribution in [3.05, 3.63) is 57.7 Å². The van der Waals surface area contributed by atoms with E-state index in [-0.39, 0.29) is 0 Å². The molecule has 0 aromatic heterocycles. The molecule has 108 valence electrons. The highest BCUT2D eigenvalue weighted by Gasteiger charge is 2.29. The average Bonchev–Trinajstić information content (AvgIpc) is 2.49. The highest BCUT2D eigenvalue weighted by atomic mass is 127. The van der Waals surface area contributed by atoms with E-state index in [0.717, 1.165) is 12.2 Å². The minimum atomic E-state index is -0.610. The van der Waals surface area contributed by atoms with Crippen LogP contribution in [0.5, 0.6) is 5.75 Å². The van der Waals surface area contributed by atoms with Crippen LogP contribution in [0, 0.1) is 3.57 Å². The molecule has 1 amide bonds. The number of benzene rings is 2. The molecule has 1 heterocycles. The fraction of sp³-hybridized carbons (Fsp3) is 0.188. The molecule has 1 unspecified atom stereocenters. The van der Waals surface area contributed by atoms with Crippen molar-refractivity contribution >= 4 is 34.2 Å². The summed E-state index contributed by atoms with van der Waals surface area (Å²) in [6.07, 6.45) is -0.610. The number of anilines is 1. The summed E-state index contributed by atoms with van der Waals surface area (Å²) in [5.41, 5.74) is 7.63. The van der Waals surface area contributed by atoms with Crippen molar-refractivity contribution in [1.82, 2.24) is 0 Å². The minimum absolute atomic E-state index is 0.433. The second kappa shape index (κ2) is 5.93. The number of carbonyl (C=O) groups is 1. The number of halogens is 1.